The average molecular weight is 428 g/mol. The van der Waals surface area contributed by atoms with Gasteiger partial charge in [0.2, 0.25) is 0 Å². The number of furan rings is 1. The molecule has 0 spiro atoms. The number of halogens is 4. The van der Waals surface area contributed by atoms with Crippen LogP contribution in [-0.4, -0.2) is 38.4 Å². The first-order chi connectivity index (χ1) is 14.2. The molecule has 2 N–H and O–H groups in total. The maximum atomic E-state index is 13.1. The third-order valence-corrected chi connectivity index (χ3v) is 3.99. The molecule has 3 rings (SSSR count). The molecule has 3 heterocycles. The number of aryl methyl sites for hydroxylation is 1. The van der Waals surface area contributed by atoms with Gasteiger partial charge in [0.05, 0.1) is 12.2 Å². The van der Waals surface area contributed by atoms with Gasteiger partial charge in [-0.2, -0.15) is 10.2 Å². The fourth-order valence-electron chi connectivity index (χ4n) is 2.64. The van der Waals surface area contributed by atoms with Crippen LogP contribution in [-0.2, 0) is 13.6 Å². The summed E-state index contributed by atoms with van der Waals surface area (Å²) in [6.45, 7) is -0.379. The lowest BCUT2D eigenvalue weighted by molar-refractivity contribution is 0.0958. The van der Waals surface area contributed by atoms with Crippen LogP contribution >= 0.6 is 0 Å². The third-order valence-electron chi connectivity index (χ3n) is 3.99. The molecule has 0 radical (unpaired) electrons. The number of nitrogens with one attached hydrogen (secondary N) is 2. The molecular weight excluding hydrogens is 412 g/mol. The van der Waals surface area contributed by atoms with E-state index in [9.17, 15) is 27.2 Å². The average Bonchev–Trinajstić information content (AvgIpc) is 3.40. The van der Waals surface area contributed by atoms with Crippen LogP contribution in [0.2, 0.25) is 0 Å². The van der Waals surface area contributed by atoms with E-state index in [1.165, 1.54) is 30.1 Å². The summed E-state index contributed by atoms with van der Waals surface area (Å²) < 4.78 is 59.0. The highest BCUT2D eigenvalue weighted by molar-refractivity contribution is 6.06. The van der Waals surface area contributed by atoms with Crippen LogP contribution in [0.3, 0.4) is 0 Å². The van der Waals surface area contributed by atoms with E-state index in [0.29, 0.717) is 10.7 Å². The Hall–Kier alpha value is -3.64. The van der Waals surface area contributed by atoms with Crippen molar-refractivity contribution in [3.05, 3.63) is 53.0 Å². The summed E-state index contributed by atoms with van der Waals surface area (Å²) >= 11 is 0. The van der Waals surface area contributed by atoms with Gasteiger partial charge in [-0.25, -0.2) is 17.6 Å². The summed E-state index contributed by atoms with van der Waals surface area (Å²) in [5.74, 6) is -1.37. The van der Waals surface area contributed by atoms with Gasteiger partial charge < -0.3 is 15.1 Å². The summed E-state index contributed by atoms with van der Waals surface area (Å²) in [5.41, 5.74) is -1.36. The Morgan fingerprint density at radius 2 is 1.87 bits per heavy atom. The number of amides is 2. The van der Waals surface area contributed by atoms with Crippen molar-refractivity contribution in [2.75, 3.05) is 12.4 Å². The number of rotatable bonds is 7. The van der Waals surface area contributed by atoms with E-state index in [0.717, 1.165) is 0 Å². The fraction of sp³-hybridized carbons (Fsp3) is 0.294. The number of carbonyl (C=O) groups is 2. The van der Waals surface area contributed by atoms with Crippen molar-refractivity contribution in [1.82, 2.24) is 24.9 Å². The van der Waals surface area contributed by atoms with Crippen LogP contribution < -0.4 is 10.6 Å². The number of alkyl halides is 4. The van der Waals surface area contributed by atoms with E-state index in [4.69, 9.17) is 4.42 Å². The van der Waals surface area contributed by atoms with Gasteiger partial charge in [-0.3, -0.25) is 19.0 Å². The SMILES string of the molecule is CNC(=O)c1nn(C)cc1NC(=O)c1ccc(Cn2nc(C(F)F)cc2C(F)F)o1. The minimum absolute atomic E-state index is 0.0159. The standard InChI is InChI=1S/C17H16F4N6O3/c1-22-17(29)13-10(7-26(2)25-13)23-16(28)12-4-3-8(30-12)6-27-11(15(20)21)5-9(24-27)14(18)19/h3-5,7,14-15H,6H2,1-2H3,(H,22,29)(H,23,28). The Morgan fingerprint density at radius 1 is 1.13 bits per heavy atom. The quantitative estimate of drug-likeness (QED) is 0.563. The summed E-state index contributed by atoms with van der Waals surface area (Å²) in [7, 11) is 2.97. The maximum absolute atomic E-state index is 13.1. The lowest BCUT2D eigenvalue weighted by Gasteiger charge is -2.05. The van der Waals surface area contributed by atoms with Crippen molar-refractivity contribution in [2.24, 2.45) is 7.05 Å². The summed E-state index contributed by atoms with van der Waals surface area (Å²) in [6, 6.07) is 3.23. The maximum Gasteiger partial charge on any atom is 0.291 e. The highest BCUT2D eigenvalue weighted by Gasteiger charge is 2.23. The molecule has 0 aliphatic rings. The zero-order valence-corrected chi connectivity index (χ0v) is 15.7. The van der Waals surface area contributed by atoms with Crippen LogP contribution in [0.1, 0.15) is 51.0 Å². The van der Waals surface area contributed by atoms with Gasteiger partial charge in [0, 0.05) is 20.3 Å². The Labute approximate surface area is 166 Å². The number of hydrogen-bond acceptors (Lipinski definition) is 5. The minimum atomic E-state index is -3.02. The van der Waals surface area contributed by atoms with E-state index >= 15 is 0 Å². The lowest BCUT2D eigenvalue weighted by atomic mass is 10.3. The third kappa shape index (κ3) is 4.34. The molecule has 0 saturated heterocycles. The van der Waals surface area contributed by atoms with E-state index in [1.54, 1.807) is 7.05 Å². The van der Waals surface area contributed by atoms with Crippen molar-refractivity contribution in [2.45, 2.75) is 19.4 Å². The van der Waals surface area contributed by atoms with Crippen LogP contribution in [0.25, 0.3) is 0 Å². The molecule has 160 valence electrons. The second-order valence-electron chi connectivity index (χ2n) is 6.12. The molecule has 30 heavy (non-hydrogen) atoms. The number of hydrogen-bond donors (Lipinski definition) is 2. The monoisotopic (exact) mass is 428 g/mol. The zero-order chi connectivity index (χ0) is 22.0. The summed E-state index contributed by atoms with van der Waals surface area (Å²) in [4.78, 5) is 24.2. The predicted octanol–water partition coefficient (Wildman–Crippen LogP) is 2.75. The molecule has 2 amide bonds. The fourth-order valence-corrected chi connectivity index (χ4v) is 2.64. The van der Waals surface area contributed by atoms with Crippen molar-refractivity contribution < 1.29 is 31.6 Å². The van der Waals surface area contributed by atoms with Crippen molar-refractivity contribution in [3.63, 3.8) is 0 Å². The number of aromatic nitrogens is 4. The van der Waals surface area contributed by atoms with Crippen molar-refractivity contribution >= 4 is 17.5 Å². The summed E-state index contributed by atoms with van der Waals surface area (Å²) in [5, 5.41) is 12.3. The van der Waals surface area contributed by atoms with Gasteiger partial charge >= 0.3 is 0 Å². The van der Waals surface area contributed by atoms with Gasteiger partial charge in [0.15, 0.2) is 11.5 Å². The highest BCUT2D eigenvalue weighted by Crippen LogP contribution is 2.26. The smallest absolute Gasteiger partial charge is 0.291 e. The normalized spacial score (nSPS) is 11.3. The van der Waals surface area contributed by atoms with Gasteiger partial charge in [0.1, 0.15) is 17.1 Å². The largest absolute Gasteiger partial charge is 0.454 e. The molecule has 13 heteroatoms. The molecule has 0 bridgehead atoms. The lowest BCUT2D eigenvalue weighted by Crippen LogP contribution is -2.21. The molecule has 0 aromatic carbocycles. The molecule has 0 unspecified atom stereocenters. The Balaban J connectivity index is 1.77. The zero-order valence-electron chi connectivity index (χ0n) is 15.7. The molecule has 0 saturated carbocycles. The number of nitrogens with zero attached hydrogens (tertiary/aromatic N) is 4. The van der Waals surface area contributed by atoms with Crippen LogP contribution in [0.4, 0.5) is 23.2 Å². The van der Waals surface area contributed by atoms with Gasteiger partial charge in [-0.1, -0.05) is 0 Å². The Kier molecular flexibility index (Phi) is 5.89. The van der Waals surface area contributed by atoms with E-state index < -0.39 is 36.1 Å². The first kappa shape index (κ1) is 21.1. The van der Waals surface area contributed by atoms with Crippen LogP contribution in [0, 0.1) is 0 Å². The van der Waals surface area contributed by atoms with E-state index in [-0.39, 0.29) is 29.4 Å². The number of anilines is 1. The Bertz CT molecular complexity index is 1070. The predicted molar refractivity (Wildman–Crippen MR) is 94.5 cm³/mol. The molecule has 3 aromatic rings. The topological polar surface area (TPSA) is 107 Å². The second-order valence-corrected chi connectivity index (χ2v) is 6.12. The molecule has 0 aliphatic carbocycles. The van der Waals surface area contributed by atoms with Crippen molar-refractivity contribution in [1.29, 1.82) is 0 Å². The van der Waals surface area contributed by atoms with Crippen LogP contribution in [0.5, 0.6) is 0 Å². The summed E-state index contributed by atoms with van der Waals surface area (Å²) in [6.07, 6.45) is -4.61. The minimum Gasteiger partial charge on any atom is -0.454 e. The first-order valence-electron chi connectivity index (χ1n) is 8.49. The first-order valence-corrected chi connectivity index (χ1v) is 8.49. The number of carbonyl (C=O) groups excluding carboxylic acids is 2. The van der Waals surface area contributed by atoms with Gasteiger partial charge in [-0.05, 0) is 18.2 Å². The molecular formula is C17H16F4N6O3. The van der Waals surface area contributed by atoms with Crippen molar-refractivity contribution in [3.8, 4) is 0 Å². The molecule has 0 aliphatic heterocycles. The Morgan fingerprint density at radius 3 is 2.50 bits per heavy atom. The molecule has 3 aromatic heterocycles. The van der Waals surface area contributed by atoms with Crippen LogP contribution in [0.15, 0.2) is 28.8 Å². The van der Waals surface area contributed by atoms with Gasteiger partial charge in [0.25, 0.3) is 24.7 Å². The van der Waals surface area contributed by atoms with E-state index in [1.807, 2.05) is 0 Å². The van der Waals surface area contributed by atoms with Gasteiger partial charge in [-0.15, -0.1) is 0 Å². The van der Waals surface area contributed by atoms with E-state index in [2.05, 4.69) is 20.8 Å². The highest BCUT2D eigenvalue weighted by atomic mass is 19.3. The molecule has 0 atom stereocenters. The second kappa shape index (κ2) is 8.39. The molecule has 9 nitrogen and oxygen atoms in total. The molecule has 0 fully saturated rings.